The Labute approximate surface area is 107 Å². The van der Waals surface area contributed by atoms with Gasteiger partial charge in [0.1, 0.15) is 0 Å². The third kappa shape index (κ3) is 3.57. The molecule has 1 heterocycles. The number of carbonyl (C=O) groups is 1. The number of carboxylic acids is 1. The van der Waals surface area contributed by atoms with Gasteiger partial charge in [0.2, 0.25) is 0 Å². The number of nitrogens with zero attached hydrogens (tertiary/aromatic N) is 2. The number of aryl methyl sites for hydroxylation is 1. The van der Waals surface area contributed by atoms with E-state index < -0.39 is 5.97 Å². The first-order valence-electron chi connectivity index (χ1n) is 6.60. The van der Waals surface area contributed by atoms with Crippen molar-refractivity contribution in [3.05, 3.63) is 18.0 Å². The van der Waals surface area contributed by atoms with Gasteiger partial charge in [0.15, 0.2) is 0 Å². The van der Waals surface area contributed by atoms with E-state index in [0.29, 0.717) is 6.04 Å². The van der Waals surface area contributed by atoms with Crippen LogP contribution in [0.2, 0.25) is 0 Å². The highest BCUT2D eigenvalue weighted by Gasteiger charge is 2.26. The summed E-state index contributed by atoms with van der Waals surface area (Å²) in [4.78, 5) is 11.0. The summed E-state index contributed by atoms with van der Waals surface area (Å²) in [5.74, 6) is -0.813. The van der Waals surface area contributed by atoms with E-state index in [1.807, 2.05) is 24.0 Å². The molecule has 18 heavy (non-hydrogen) atoms. The van der Waals surface area contributed by atoms with Gasteiger partial charge in [-0.25, -0.2) is 0 Å². The maximum Gasteiger partial charge on any atom is 0.306 e. The highest BCUT2D eigenvalue weighted by molar-refractivity contribution is 5.70. The van der Waals surface area contributed by atoms with Crippen LogP contribution in [0.4, 0.5) is 0 Å². The molecule has 2 rings (SSSR count). The van der Waals surface area contributed by atoms with E-state index in [4.69, 9.17) is 5.11 Å². The molecule has 5 heteroatoms. The van der Waals surface area contributed by atoms with E-state index >= 15 is 0 Å². The average Bonchev–Trinajstić information content (AvgIpc) is 2.75. The van der Waals surface area contributed by atoms with Crippen LogP contribution in [0.5, 0.6) is 0 Å². The molecule has 0 aliphatic heterocycles. The molecule has 2 unspecified atom stereocenters. The van der Waals surface area contributed by atoms with E-state index in [0.717, 1.165) is 38.8 Å². The summed E-state index contributed by atoms with van der Waals surface area (Å²) >= 11 is 0. The van der Waals surface area contributed by atoms with Crippen LogP contribution >= 0.6 is 0 Å². The number of aromatic nitrogens is 2. The van der Waals surface area contributed by atoms with Gasteiger partial charge >= 0.3 is 5.97 Å². The Morgan fingerprint density at radius 2 is 2.44 bits per heavy atom. The van der Waals surface area contributed by atoms with Gasteiger partial charge < -0.3 is 10.4 Å². The molecule has 1 aromatic heterocycles. The van der Waals surface area contributed by atoms with E-state index in [1.165, 1.54) is 5.56 Å². The zero-order valence-corrected chi connectivity index (χ0v) is 10.8. The third-order valence-corrected chi connectivity index (χ3v) is 3.56. The Morgan fingerprint density at radius 1 is 1.61 bits per heavy atom. The first-order valence-corrected chi connectivity index (χ1v) is 6.60. The molecule has 0 aromatic carbocycles. The molecular formula is C13H21N3O2. The fourth-order valence-electron chi connectivity index (χ4n) is 2.57. The number of aliphatic carboxylic acids is 1. The zero-order valence-electron chi connectivity index (χ0n) is 10.8. The lowest BCUT2D eigenvalue weighted by molar-refractivity contribution is -0.143. The lowest BCUT2D eigenvalue weighted by atomic mass is 9.86. The summed E-state index contributed by atoms with van der Waals surface area (Å²) < 4.78 is 1.92. The number of hydrogen-bond donors (Lipinski definition) is 2. The summed E-state index contributed by atoms with van der Waals surface area (Å²) in [7, 11) is 0. The summed E-state index contributed by atoms with van der Waals surface area (Å²) in [6.45, 7) is 3.70. The number of carboxylic acid groups (broad SMARTS) is 1. The van der Waals surface area contributed by atoms with E-state index in [9.17, 15) is 4.79 Å². The minimum absolute atomic E-state index is 0.164. The SMILES string of the molecule is Cc1cnn(CCNC2CCCC(C(=O)O)C2)c1. The first kappa shape index (κ1) is 13.1. The van der Waals surface area contributed by atoms with Gasteiger partial charge in [-0.1, -0.05) is 6.42 Å². The molecule has 0 saturated heterocycles. The average molecular weight is 251 g/mol. The molecule has 5 nitrogen and oxygen atoms in total. The Balaban J connectivity index is 1.71. The lowest BCUT2D eigenvalue weighted by Gasteiger charge is -2.27. The Bertz CT molecular complexity index is 403. The van der Waals surface area contributed by atoms with Crippen LogP contribution in [0.25, 0.3) is 0 Å². The molecule has 2 N–H and O–H groups in total. The second-order valence-electron chi connectivity index (χ2n) is 5.13. The Kier molecular flexibility index (Phi) is 4.36. The lowest BCUT2D eigenvalue weighted by Crippen LogP contribution is -2.37. The molecule has 2 atom stereocenters. The van der Waals surface area contributed by atoms with Gasteiger partial charge in [-0.05, 0) is 31.7 Å². The summed E-state index contributed by atoms with van der Waals surface area (Å²) in [5, 5.41) is 16.7. The Morgan fingerprint density at radius 3 is 3.11 bits per heavy atom. The number of nitrogens with one attached hydrogen (secondary N) is 1. The smallest absolute Gasteiger partial charge is 0.306 e. The van der Waals surface area contributed by atoms with E-state index in [2.05, 4.69) is 10.4 Å². The van der Waals surface area contributed by atoms with Crippen LogP contribution in [-0.4, -0.2) is 33.4 Å². The fourth-order valence-corrected chi connectivity index (χ4v) is 2.57. The highest BCUT2D eigenvalue weighted by atomic mass is 16.4. The topological polar surface area (TPSA) is 67.2 Å². The van der Waals surface area contributed by atoms with Crippen LogP contribution < -0.4 is 5.32 Å². The van der Waals surface area contributed by atoms with Crippen molar-refractivity contribution in [1.29, 1.82) is 0 Å². The van der Waals surface area contributed by atoms with Gasteiger partial charge in [0, 0.05) is 18.8 Å². The molecule has 1 fully saturated rings. The molecule has 1 aliphatic carbocycles. The van der Waals surface area contributed by atoms with Crippen molar-refractivity contribution in [2.45, 2.75) is 45.2 Å². The molecule has 1 aromatic rings. The van der Waals surface area contributed by atoms with Crippen molar-refractivity contribution in [1.82, 2.24) is 15.1 Å². The minimum atomic E-state index is -0.649. The first-order chi connectivity index (χ1) is 8.65. The van der Waals surface area contributed by atoms with Crippen LogP contribution in [-0.2, 0) is 11.3 Å². The summed E-state index contributed by atoms with van der Waals surface area (Å²) in [6, 6.07) is 0.344. The molecular weight excluding hydrogens is 230 g/mol. The van der Waals surface area contributed by atoms with E-state index in [1.54, 1.807) is 0 Å². The fraction of sp³-hybridized carbons (Fsp3) is 0.692. The van der Waals surface area contributed by atoms with Gasteiger partial charge in [0.25, 0.3) is 0 Å². The predicted molar refractivity (Wildman–Crippen MR) is 68.3 cm³/mol. The van der Waals surface area contributed by atoms with Gasteiger partial charge in [0.05, 0.1) is 18.7 Å². The maximum atomic E-state index is 11.0. The molecule has 100 valence electrons. The molecule has 1 saturated carbocycles. The van der Waals surface area contributed by atoms with Crippen LogP contribution in [0.3, 0.4) is 0 Å². The second kappa shape index (κ2) is 6.00. The quantitative estimate of drug-likeness (QED) is 0.830. The zero-order chi connectivity index (χ0) is 13.0. The largest absolute Gasteiger partial charge is 0.481 e. The monoisotopic (exact) mass is 251 g/mol. The number of rotatable bonds is 5. The maximum absolute atomic E-state index is 11.0. The molecule has 0 spiro atoms. The molecule has 0 bridgehead atoms. The van der Waals surface area contributed by atoms with Gasteiger partial charge in [-0.15, -0.1) is 0 Å². The van der Waals surface area contributed by atoms with Crippen LogP contribution in [0.15, 0.2) is 12.4 Å². The van der Waals surface area contributed by atoms with Crippen molar-refractivity contribution >= 4 is 5.97 Å². The van der Waals surface area contributed by atoms with Crippen molar-refractivity contribution in [2.24, 2.45) is 5.92 Å². The molecule has 1 aliphatic rings. The number of hydrogen-bond acceptors (Lipinski definition) is 3. The van der Waals surface area contributed by atoms with Gasteiger partial charge in [-0.2, -0.15) is 5.10 Å². The summed E-state index contributed by atoms with van der Waals surface area (Å²) in [5.41, 5.74) is 1.17. The predicted octanol–water partition coefficient (Wildman–Crippen LogP) is 1.42. The van der Waals surface area contributed by atoms with Crippen LogP contribution in [0, 0.1) is 12.8 Å². The molecule has 0 radical (unpaired) electrons. The van der Waals surface area contributed by atoms with Crippen LogP contribution in [0.1, 0.15) is 31.2 Å². The normalized spacial score (nSPS) is 24.1. The minimum Gasteiger partial charge on any atom is -0.481 e. The van der Waals surface area contributed by atoms with Crippen molar-refractivity contribution in [3.63, 3.8) is 0 Å². The van der Waals surface area contributed by atoms with Crippen molar-refractivity contribution < 1.29 is 9.90 Å². The summed E-state index contributed by atoms with van der Waals surface area (Å²) in [6.07, 6.45) is 7.54. The highest BCUT2D eigenvalue weighted by Crippen LogP contribution is 2.24. The third-order valence-electron chi connectivity index (χ3n) is 3.56. The standard InChI is InChI=1S/C13H21N3O2/c1-10-8-15-16(9-10)6-5-14-12-4-2-3-11(7-12)13(17)18/h8-9,11-12,14H,2-7H2,1H3,(H,17,18). The second-order valence-corrected chi connectivity index (χ2v) is 5.13. The van der Waals surface area contributed by atoms with Gasteiger partial charge in [-0.3, -0.25) is 9.48 Å². The van der Waals surface area contributed by atoms with Crippen molar-refractivity contribution in [2.75, 3.05) is 6.54 Å². The van der Waals surface area contributed by atoms with E-state index in [-0.39, 0.29) is 5.92 Å². The van der Waals surface area contributed by atoms with Crippen molar-refractivity contribution in [3.8, 4) is 0 Å². The Hall–Kier alpha value is -1.36. The molecule has 0 amide bonds.